The number of hydrogen-bond acceptors (Lipinski definition) is 2. The minimum atomic E-state index is -0.589. The largest absolute Gasteiger partial charge is 0.346 e. The van der Waals surface area contributed by atoms with Gasteiger partial charge in [0.25, 0.3) is 5.91 Å². The summed E-state index contributed by atoms with van der Waals surface area (Å²) in [6.45, 7) is 2.43. The number of rotatable bonds is 3. The first-order valence-corrected chi connectivity index (χ1v) is 5.41. The molecule has 0 unspecified atom stereocenters. The molecule has 3 heteroatoms. The highest BCUT2D eigenvalue weighted by atomic mass is 16.2. The average molecular weight is 227 g/mol. The Morgan fingerprint density at radius 1 is 1.18 bits per heavy atom. The van der Waals surface area contributed by atoms with Crippen LogP contribution in [0.5, 0.6) is 0 Å². The predicted molar refractivity (Wildman–Crippen MR) is 66.6 cm³/mol. The normalized spacial score (nSPS) is 10.2. The summed E-state index contributed by atoms with van der Waals surface area (Å²) in [6, 6.07) is 12.2. The summed E-state index contributed by atoms with van der Waals surface area (Å²) in [5.41, 5.74) is 2.20. The van der Waals surface area contributed by atoms with Gasteiger partial charge in [-0.2, -0.15) is 0 Å². The molecule has 2 rings (SSSR count). The summed E-state index contributed by atoms with van der Waals surface area (Å²) in [6.07, 6.45) is 0.282. The fraction of sp³-hybridized carbons (Fsp3) is 0.143. The van der Waals surface area contributed by atoms with E-state index >= 15 is 0 Å². The first kappa shape index (κ1) is 11.3. The zero-order chi connectivity index (χ0) is 12.3. The maximum absolute atomic E-state index is 10.8. The lowest BCUT2D eigenvalue weighted by Gasteiger charge is -2.04. The average Bonchev–Trinajstić information content (AvgIpc) is 2.35. The van der Waals surface area contributed by atoms with Crippen LogP contribution in [0.1, 0.15) is 11.1 Å². The van der Waals surface area contributed by atoms with Gasteiger partial charge in [0, 0.05) is 6.54 Å². The minimum absolute atomic E-state index is 0.282. The Hall–Kier alpha value is -2.16. The van der Waals surface area contributed by atoms with Gasteiger partial charge in [-0.05, 0) is 29.3 Å². The van der Waals surface area contributed by atoms with E-state index in [-0.39, 0.29) is 6.29 Å². The molecule has 17 heavy (non-hydrogen) atoms. The van der Waals surface area contributed by atoms with Crippen molar-refractivity contribution in [1.82, 2.24) is 5.32 Å². The summed E-state index contributed by atoms with van der Waals surface area (Å²) in [5.74, 6) is -0.589. The van der Waals surface area contributed by atoms with Gasteiger partial charge in [-0.15, -0.1) is 0 Å². The van der Waals surface area contributed by atoms with E-state index in [9.17, 15) is 9.59 Å². The maximum atomic E-state index is 10.8. The second-order valence-electron chi connectivity index (χ2n) is 4.02. The van der Waals surface area contributed by atoms with E-state index in [0.29, 0.717) is 6.54 Å². The van der Waals surface area contributed by atoms with Gasteiger partial charge in [-0.3, -0.25) is 9.59 Å². The summed E-state index contributed by atoms with van der Waals surface area (Å²) < 4.78 is 0. The van der Waals surface area contributed by atoms with Crippen LogP contribution in [0, 0.1) is 6.92 Å². The predicted octanol–water partition coefficient (Wildman–Crippen LogP) is 1.96. The monoisotopic (exact) mass is 227 g/mol. The highest BCUT2D eigenvalue weighted by Gasteiger charge is 2.00. The van der Waals surface area contributed by atoms with Gasteiger partial charge in [0.15, 0.2) is 0 Å². The Morgan fingerprint density at radius 3 is 2.65 bits per heavy atom. The van der Waals surface area contributed by atoms with Crippen LogP contribution in [0.2, 0.25) is 0 Å². The molecule has 86 valence electrons. The minimum Gasteiger partial charge on any atom is -0.346 e. The Balaban J connectivity index is 2.23. The Labute approximate surface area is 99.4 Å². The fourth-order valence-electron chi connectivity index (χ4n) is 1.76. The van der Waals surface area contributed by atoms with Crippen molar-refractivity contribution >= 4 is 23.0 Å². The summed E-state index contributed by atoms with van der Waals surface area (Å²) in [7, 11) is 0. The molecule has 1 amide bonds. The summed E-state index contributed by atoms with van der Waals surface area (Å²) >= 11 is 0. The van der Waals surface area contributed by atoms with E-state index in [2.05, 4.69) is 30.4 Å². The lowest BCUT2D eigenvalue weighted by atomic mass is 10.0. The molecule has 3 nitrogen and oxygen atoms in total. The molecule has 0 aliphatic heterocycles. The van der Waals surface area contributed by atoms with Gasteiger partial charge in [-0.25, -0.2) is 0 Å². The third-order valence-electron chi connectivity index (χ3n) is 2.63. The molecule has 2 aromatic carbocycles. The summed E-state index contributed by atoms with van der Waals surface area (Å²) in [5, 5.41) is 4.83. The number of amides is 1. The van der Waals surface area contributed by atoms with Crippen molar-refractivity contribution in [3.05, 3.63) is 47.5 Å². The number of aryl methyl sites for hydroxylation is 1. The van der Waals surface area contributed by atoms with E-state index in [1.165, 1.54) is 10.9 Å². The summed E-state index contributed by atoms with van der Waals surface area (Å²) in [4.78, 5) is 21.0. The lowest BCUT2D eigenvalue weighted by molar-refractivity contribution is -0.131. The topological polar surface area (TPSA) is 46.2 Å². The van der Waals surface area contributed by atoms with Crippen LogP contribution in [0.4, 0.5) is 0 Å². The van der Waals surface area contributed by atoms with E-state index in [4.69, 9.17) is 0 Å². The van der Waals surface area contributed by atoms with Crippen molar-refractivity contribution in [2.45, 2.75) is 13.5 Å². The first-order chi connectivity index (χ1) is 8.19. The molecule has 1 N–H and O–H groups in total. The highest BCUT2D eigenvalue weighted by molar-refractivity contribution is 6.23. The first-order valence-electron chi connectivity index (χ1n) is 5.41. The van der Waals surface area contributed by atoms with Crippen LogP contribution in [0.15, 0.2) is 36.4 Å². The molecule has 0 aromatic heterocycles. The van der Waals surface area contributed by atoms with Crippen molar-refractivity contribution in [2.75, 3.05) is 0 Å². The van der Waals surface area contributed by atoms with Crippen molar-refractivity contribution in [3.63, 3.8) is 0 Å². The number of carbonyl (C=O) groups is 2. The second kappa shape index (κ2) is 4.78. The number of benzene rings is 2. The van der Waals surface area contributed by atoms with Gasteiger partial charge < -0.3 is 5.32 Å². The zero-order valence-electron chi connectivity index (χ0n) is 9.57. The van der Waals surface area contributed by atoms with Crippen molar-refractivity contribution in [1.29, 1.82) is 0 Å². The van der Waals surface area contributed by atoms with E-state index in [0.717, 1.165) is 10.9 Å². The van der Waals surface area contributed by atoms with Crippen molar-refractivity contribution < 1.29 is 9.59 Å². The van der Waals surface area contributed by atoms with Crippen LogP contribution in [-0.4, -0.2) is 12.2 Å². The third-order valence-corrected chi connectivity index (χ3v) is 2.63. The fourth-order valence-corrected chi connectivity index (χ4v) is 1.76. The number of carbonyl (C=O) groups excluding carboxylic acids is 2. The van der Waals surface area contributed by atoms with Crippen molar-refractivity contribution in [2.24, 2.45) is 0 Å². The molecule has 0 radical (unpaired) electrons. The van der Waals surface area contributed by atoms with Crippen LogP contribution in [0.25, 0.3) is 10.8 Å². The van der Waals surface area contributed by atoms with Gasteiger partial charge in [0.1, 0.15) is 0 Å². The smallest absolute Gasteiger partial charge is 0.284 e. The van der Waals surface area contributed by atoms with Crippen LogP contribution >= 0.6 is 0 Å². The lowest BCUT2D eigenvalue weighted by Crippen LogP contribution is -2.23. The Bertz CT molecular complexity index is 575. The van der Waals surface area contributed by atoms with Crippen LogP contribution in [0.3, 0.4) is 0 Å². The Kier molecular flexibility index (Phi) is 3.19. The molecule has 0 spiro atoms. The maximum Gasteiger partial charge on any atom is 0.284 e. The number of nitrogens with one attached hydrogen (secondary N) is 1. The van der Waals surface area contributed by atoms with Gasteiger partial charge in [0.2, 0.25) is 6.29 Å². The number of fused-ring (bicyclic) bond motifs is 1. The molecule has 0 saturated heterocycles. The van der Waals surface area contributed by atoms with Gasteiger partial charge >= 0.3 is 0 Å². The van der Waals surface area contributed by atoms with Gasteiger partial charge in [-0.1, -0.05) is 35.9 Å². The quantitative estimate of drug-likeness (QED) is 0.643. The molecule has 2 aromatic rings. The van der Waals surface area contributed by atoms with Crippen LogP contribution in [-0.2, 0) is 16.1 Å². The Morgan fingerprint density at radius 2 is 1.88 bits per heavy atom. The SMILES string of the molecule is Cc1ccc2cc(CNC(=O)C=O)ccc2c1. The molecular weight excluding hydrogens is 214 g/mol. The molecule has 0 bridgehead atoms. The van der Waals surface area contributed by atoms with Crippen molar-refractivity contribution in [3.8, 4) is 0 Å². The molecule has 0 heterocycles. The number of hydrogen-bond donors (Lipinski definition) is 1. The molecule has 0 fully saturated rings. The van der Waals surface area contributed by atoms with Gasteiger partial charge in [0.05, 0.1) is 0 Å². The van der Waals surface area contributed by atoms with E-state index < -0.39 is 5.91 Å². The number of aldehydes is 1. The molecule has 0 saturated carbocycles. The second-order valence-corrected chi connectivity index (χ2v) is 4.02. The van der Waals surface area contributed by atoms with E-state index in [1.54, 1.807) is 0 Å². The highest BCUT2D eigenvalue weighted by Crippen LogP contribution is 2.17. The van der Waals surface area contributed by atoms with Crippen LogP contribution < -0.4 is 5.32 Å². The standard InChI is InChI=1S/C14H13NO2/c1-10-2-4-13-7-11(3-5-12(13)6-10)8-15-14(17)9-16/h2-7,9H,8H2,1H3,(H,15,17). The molecular formula is C14H13NO2. The molecule has 0 atom stereocenters. The third kappa shape index (κ3) is 2.69. The molecule has 0 aliphatic rings. The zero-order valence-corrected chi connectivity index (χ0v) is 9.57. The molecule has 0 aliphatic carbocycles. The van der Waals surface area contributed by atoms with E-state index in [1.807, 2.05) is 18.2 Å².